The van der Waals surface area contributed by atoms with Crippen LogP contribution in [-0.4, -0.2) is 5.16 Å². The molecule has 1 aromatic carbocycles. The quantitative estimate of drug-likeness (QED) is 0.866. The van der Waals surface area contributed by atoms with E-state index in [0.29, 0.717) is 15.6 Å². The average Bonchev–Trinajstić information content (AvgIpc) is 2.58. The van der Waals surface area contributed by atoms with Crippen molar-refractivity contribution in [1.29, 1.82) is 0 Å². The summed E-state index contributed by atoms with van der Waals surface area (Å²) in [7, 11) is 0. The van der Waals surface area contributed by atoms with E-state index in [1.807, 2.05) is 6.92 Å². The minimum Gasteiger partial charge on any atom is -0.367 e. The molecule has 3 nitrogen and oxygen atoms in total. The summed E-state index contributed by atoms with van der Waals surface area (Å²) in [6, 6.07) is 3.39. The lowest BCUT2D eigenvalue weighted by molar-refractivity contribution is 0.436. The van der Waals surface area contributed by atoms with Crippen molar-refractivity contribution in [3.05, 3.63) is 34.2 Å². The van der Waals surface area contributed by atoms with Crippen LogP contribution in [0, 0.1) is 12.7 Å². The van der Waals surface area contributed by atoms with Crippen molar-refractivity contribution < 1.29 is 8.91 Å². The molecule has 0 saturated carbocycles. The number of aromatic nitrogens is 1. The molecule has 0 aliphatic carbocycles. The zero-order chi connectivity index (χ0) is 11.0. The number of benzene rings is 1. The predicted octanol–water partition coefficient (Wildman–Crippen LogP) is 3.13. The van der Waals surface area contributed by atoms with E-state index in [2.05, 4.69) is 21.1 Å². The van der Waals surface area contributed by atoms with Crippen molar-refractivity contribution in [1.82, 2.24) is 5.16 Å². The third-order valence-electron chi connectivity index (χ3n) is 2.06. The van der Waals surface area contributed by atoms with Crippen molar-refractivity contribution >= 4 is 21.8 Å². The molecule has 0 atom stereocenters. The molecule has 2 rings (SSSR count). The molecule has 2 aromatic rings. The molecule has 0 spiro atoms. The van der Waals surface area contributed by atoms with Gasteiger partial charge in [-0.15, -0.1) is 0 Å². The largest absolute Gasteiger partial charge is 0.367 e. The maximum absolute atomic E-state index is 13.8. The topological polar surface area (TPSA) is 52.0 Å². The van der Waals surface area contributed by atoms with Gasteiger partial charge in [0.1, 0.15) is 5.82 Å². The smallest absolute Gasteiger partial charge is 0.230 e. The second kappa shape index (κ2) is 3.66. The number of nitrogens with two attached hydrogens (primary N) is 1. The number of hydrogen-bond acceptors (Lipinski definition) is 3. The Hall–Kier alpha value is -1.36. The van der Waals surface area contributed by atoms with Crippen LogP contribution in [0.3, 0.4) is 0 Å². The summed E-state index contributed by atoms with van der Waals surface area (Å²) in [5, 5.41) is 3.52. The summed E-state index contributed by atoms with van der Waals surface area (Å²) in [5.41, 5.74) is 7.32. The molecule has 0 amide bonds. The van der Waals surface area contributed by atoms with Gasteiger partial charge in [-0.05, 0) is 40.5 Å². The van der Waals surface area contributed by atoms with Gasteiger partial charge in [-0.1, -0.05) is 5.16 Å². The van der Waals surface area contributed by atoms with Gasteiger partial charge in [0.15, 0.2) is 0 Å². The molecule has 78 valence electrons. The number of rotatable bonds is 1. The first kappa shape index (κ1) is 10.2. The Bertz CT molecular complexity index is 510. The first-order valence-electron chi connectivity index (χ1n) is 4.25. The van der Waals surface area contributed by atoms with E-state index >= 15 is 0 Å². The number of anilines is 1. The Morgan fingerprint density at radius 2 is 2.13 bits per heavy atom. The summed E-state index contributed by atoms with van der Waals surface area (Å²) < 4.78 is 18.9. The number of halogens is 2. The lowest BCUT2D eigenvalue weighted by Crippen LogP contribution is -1.90. The van der Waals surface area contributed by atoms with Crippen molar-refractivity contribution in [2.24, 2.45) is 0 Å². The van der Waals surface area contributed by atoms with E-state index in [-0.39, 0.29) is 11.7 Å². The van der Waals surface area contributed by atoms with Crippen molar-refractivity contribution in [2.75, 3.05) is 5.73 Å². The fourth-order valence-corrected chi connectivity index (χ4v) is 1.95. The van der Waals surface area contributed by atoms with Gasteiger partial charge >= 0.3 is 0 Å². The molecule has 0 radical (unpaired) electrons. The molecular formula is C10H8BrFN2O. The van der Waals surface area contributed by atoms with Crippen LogP contribution in [0.4, 0.5) is 10.3 Å². The van der Waals surface area contributed by atoms with Crippen LogP contribution in [0.15, 0.2) is 27.3 Å². The Labute approximate surface area is 94.2 Å². The first-order valence-corrected chi connectivity index (χ1v) is 5.05. The summed E-state index contributed by atoms with van der Waals surface area (Å²) in [4.78, 5) is 0. The Morgan fingerprint density at radius 1 is 1.40 bits per heavy atom. The fourth-order valence-electron chi connectivity index (χ4n) is 1.37. The molecule has 0 saturated heterocycles. The molecule has 0 fully saturated rings. The van der Waals surface area contributed by atoms with E-state index in [1.165, 1.54) is 6.20 Å². The van der Waals surface area contributed by atoms with Crippen molar-refractivity contribution in [3.8, 4) is 11.1 Å². The Kier molecular flexibility index (Phi) is 2.48. The maximum Gasteiger partial charge on any atom is 0.230 e. The maximum atomic E-state index is 13.8. The molecule has 0 unspecified atom stereocenters. The van der Waals surface area contributed by atoms with E-state index in [1.54, 1.807) is 12.1 Å². The number of hydrogen-bond donors (Lipinski definition) is 1. The molecule has 1 aromatic heterocycles. The Morgan fingerprint density at radius 3 is 2.73 bits per heavy atom. The molecule has 0 bridgehead atoms. The fraction of sp³-hybridized carbons (Fsp3) is 0.100. The lowest BCUT2D eigenvalue weighted by Gasteiger charge is -2.04. The summed E-state index contributed by atoms with van der Waals surface area (Å²) in [6.45, 7) is 1.87. The van der Waals surface area contributed by atoms with Crippen LogP contribution in [0.5, 0.6) is 0 Å². The van der Waals surface area contributed by atoms with Gasteiger partial charge in [-0.2, -0.15) is 0 Å². The van der Waals surface area contributed by atoms with Crippen LogP contribution in [-0.2, 0) is 0 Å². The van der Waals surface area contributed by atoms with Gasteiger partial charge in [0.05, 0.1) is 16.2 Å². The van der Waals surface area contributed by atoms with Gasteiger partial charge in [0.25, 0.3) is 0 Å². The molecular weight excluding hydrogens is 263 g/mol. The summed E-state index contributed by atoms with van der Waals surface area (Å²) in [5.74, 6) is -0.248. The SMILES string of the molecule is Cc1cc(Br)c(F)c(-c2cnoc2N)c1. The second-order valence-corrected chi connectivity index (χ2v) is 4.07. The van der Waals surface area contributed by atoms with Crippen LogP contribution in [0.25, 0.3) is 11.1 Å². The van der Waals surface area contributed by atoms with Gasteiger partial charge in [-0.3, -0.25) is 0 Å². The first-order chi connectivity index (χ1) is 7.09. The van der Waals surface area contributed by atoms with Gasteiger partial charge < -0.3 is 10.3 Å². The highest BCUT2D eigenvalue weighted by Crippen LogP contribution is 2.32. The minimum atomic E-state index is -0.365. The summed E-state index contributed by atoms with van der Waals surface area (Å²) >= 11 is 3.14. The zero-order valence-electron chi connectivity index (χ0n) is 7.92. The van der Waals surface area contributed by atoms with Crippen LogP contribution in [0.1, 0.15) is 5.56 Å². The highest BCUT2D eigenvalue weighted by Gasteiger charge is 2.14. The third-order valence-corrected chi connectivity index (χ3v) is 2.64. The van der Waals surface area contributed by atoms with Crippen molar-refractivity contribution in [2.45, 2.75) is 6.92 Å². The van der Waals surface area contributed by atoms with E-state index in [0.717, 1.165) is 5.56 Å². The summed E-state index contributed by atoms with van der Waals surface area (Å²) in [6.07, 6.45) is 1.40. The predicted molar refractivity (Wildman–Crippen MR) is 58.7 cm³/mol. The third kappa shape index (κ3) is 1.74. The molecule has 0 aliphatic rings. The van der Waals surface area contributed by atoms with Crippen molar-refractivity contribution in [3.63, 3.8) is 0 Å². The monoisotopic (exact) mass is 270 g/mol. The standard InChI is InChI=1S/C10H8BrFN2O/c1-5-2-6(9(12)8(11)3-5)7-4-14-15-10(7)13/h2-4H,13H2,1H3. The molecule has 15 heavy (non-hydrogen) atoms. The van der Waals surface area contributed by atoms with Gasteiger partial charge in [-0.25, -0.2) is 4.39 Å². The van der Waals surface area contributed by atoms with Gasteiger partial charge in [0, 0.05) is 5.56 Å². The number of nitrogens with zero attached hydrogens (tertiary/aromatic N) is 1. The second-order valence-electron chi connectivity index (χ2n) is 3.21. The molecule has 5 heteroatoms. The number of nitrogen functional groups attached to an aromatic ring is 1. The molecule has 0 aliphatic heterocycles. The molecule has 1 heterocycles. The molecule has 2 N–H and O–H groups in total. The highest BCUT2D eigenvalue weighted by molar-refractivity contribution is 9.10. The van der Waals surface area contributed by atoms with E-state index in [9.17, 15) is 4.39 Å². The van der Waals surface area contributed by atoms with E-state index in [4.69, 9.17) is 10.3 Å². The lowest BCUT2D eigenvalue weighted by atomic mass is 10.1. The minimum absolute atomic E-state index is 0.117. The zero-order valence-corrected chi connectivity index (χ0v) is 9.51. The van der Waals surface area contributed by atoms with Crippen LogP contribution in [0.2, 0.25) is 0 Å². The Balaban J connectivity index is 2.68. The number of aryl methyl sites for hydroxylation is 1. The van der Waals surface area contributed by atoms with E-state index < -0.39 is 0 Å². The average molecular weight is 271 g/mol. The highest BCUT2D eigenvalue weighted by atomic mass is 79.9. The van der Waals surface area contributed by atoms with Gasteiger partial charge in [0.2, 0.25) is 5.88 Å². The van der Waals surface area contributed by atoms with Crippen LogP contribution < -0.4 is 5.73 Å². The van der Waals surface area contributed by atoms with Crippen LogP contribution >= 0.6 is 15.9 Å². The normalized spacial score (nSPS) is 10.6.